The maximum Gasteiger partial charge on any atom is 0.326 e. The number of unbranched alkanes of at least 4 members (excludes halogenated alkanes) is 4. The Morgan fingerprint density at radius 3 is 2.04 bits per heavy atom. The first kappa shape index (κ1) is 39.7. The van der Waals surface area contributed by atoms with Gasteiger partial charge in [0.2, 0.25) is 5.91 Å². The summed E-state index contributed by atoms with van der Waals surface area (Å²) < 4.78 is 5.88. The maximum atomic E-state index is 13.4. The van der Waals surface area contributed by atoms with Gasteiger partial charge in [-0.2, -0.15) is 0 Å². The van der Waals surface area contributed by atoms with Crippen LogP contribution in [0.3, 0.4) is 0 Å². The van der Waals surface area contributed by atoms with Crippen LogP contribution in [0.25, 0.3) is 22.5 Å². The molecule has 0 aliphatic rings. The van der Waals surface area contributed by atoms with Gasteiger partial charge in [0.15, 0.2) is 5.82 Å². The second-order valence-corrected chi connectivity index (χ2v) is 14.8. The molecule has 4 N–H and O–H groups in total. The van der Waals surface area contributed by atoms with E-state index < -0.39 is 42.3 Å². The van der Waals surface area contributed by atoms with Gasteiger partial charge >= 0.3 is 11.9 Å². The molecular weight excluding hydrogens is 681 g/mol. The zero-order valence-electron chi connectivity index (χ0n) is 30.2. The van der Waals surface area contributed by atoms with E-state index in [1.807, 2.05) is 63.2 Å². The van der Waals surface area contributed by atoms with Crippen molar-refractivity contribution in [3.8, 4) is 28.3 Å². The first-order valence-electron chi connectivity index (χ1n) is 17.6. The molecule has 2 heterocycles. The van der Waals surface area contributed by atoms with E-state index in [9.17, 15) is 24.3 Å². The number of ether oxygens (including phenoxy) is 1. The van der Waals surface area contributed by atoms with Crippen molar-refractivity contribution in [1.82, 2.24) is 20.6 Å². The van der Waals surface area contributed by atoms with E-state index >= 15 is 0 Å². The molecule has 0 aliphatic carbocycles. The zero-order valence-corrected chi connectivity index (χ0v) is 31.0. The number of aromatic nitrogens is 2. The first-order valence-corrected chi connectivity index (χ1v) is 18.5. The minimum Gasteiger partial charge on any atom is -0.494 e. The lowest BCUT2D eigenvalue weighted by molar-refractivity contribution is -0.143. The van der Waals surface area contributed by atoms with E-state index in [4.69, 9.17) is 9.84 Å². The van der Waals surface area contributed by atoms with Crippen molar-refractivity contribution in [2.75, 3.05) is 6.61 Å². The van der Waals surface area contributed by atoms with Crippen LogP contribution in [-0.4, -0.2) is 62.6 Å². The van der Waals surface area contributed by atoms with Crippen LogP contribution in [0, 0.1) is 0 Å². The third-order valence-electron chi connectivity index (χ3n) is 8.46. The van der Waals surface area contributed by atoms with Gasteiger partial charge in [-0.25, -0.2) is 14.8 Å². The van der Waals surface area contributed by atoms with Gasteiger partial charge in [0.25, 0.3) is 5.91 Å². The predicted octanol–water partition coefficient (Wildman–Crippen LogP) is 7.29. The summed E-state index contributed by atoms with van der Waals surface area (Å²) in [5.74, 6) is -2.41. The molecule has 0 bridgehead atoms. The summed E-state index contributed by atoms with van der Waals surface area (Å²) in [5.41, 5.74) is 3.10. The van der Waals surface area contributed by atoms with Gasteiger partial charge in [-0.15, -0.1) is 11.3 Å². The van der Waals surface area contributed by atoms with Crippen molar-refractivity contribution in [3.63, 3.8) is 0 Å². The summed E-state index contributed by atoms with van der Waals surface area (Å²) in [4.78, 5) is 60.1. The van der Waals surface area contributed by atoms with E-state index in [1.54, 1.807) is 30.6 Å². The van der Waals surface area contributed by atoms with Gasteiger partial charge in [-0.1, -0.05) is 89.8 Å². The number of hydrogen-bond acceptors (Lipinski definition) is 8. The molecule has 0 fully saturated rings. The highest BCUT2D eigenvalue weighted by atomic mass is 32.1. The Balaban J connectivity index is 1.43. The maximum absolute atomic E-state index is 13.4. The van der Waals surface area contributed by atoms with E-state index in [-0.39, 0.29) is 18.3 Å². The minimum absolute atomic E-state index is 0.0546. The largest absolute Gasteiger partial charge is 0.494 e. The molecule has 0 aliphatic heterocycles. The molecule has 2 aromatic carbocycles. The first-order chi connectivity index (χ1) is 24.8. The Kier molecular flexibility index (Phi) is 14.5. The smallest absolute Gasteiger partial charge is 0.326 e. The van der Waals surface area contributed by atoms with Crippen LogP contribution in [0.4, 0.5) is 0 Å². The quantitative estimate of drug-likeness (QED) is 0.0725. The fraction of sp³-hybridized carbons (Fsp3) is 0.400. The van der Waals surface area contributed by atoms with Gasteiger partial charge in [0.1, 0.15) is 17.8 Å². The highest BCUT2D eigenvalue weighted by Gasteiger charge is 2.28. The molecule has 11 nitrogen and oxygen atoms in total. The molecular formula is C40H48N4O7S. The molecule has 2 aromatic heterocycles. The summed E-state index contributed by atoms with van der Waals surface area (Å²) in [5, 5.41) is 23.8. The third kappa shape index (κ3) is 12.0. The number of carboxylic acid groups (broad SMARTS) is 2. The average molecular weight is 729 g/mol. The number of thiophene rings is 1. The summed E-state index contributed by atoms with van der Waals surface area (Å²) in [6, 6.07) is 16.1. The predicted molar refractivity (Wildman–Crippen MR) is 202 cm³/mol. The van der Waals surface area contributed by atoms with Crippen molar-refractivity contribution in [1.29, 1.82) is 0 Å². The van der Waals surface area contributed by atoms with Gasteiger partial charge in [-0.05, 0) is 53.6 Å². The highest BCUT2D eigenvalue weighted by molar-refractivity contribution is 7.14. The van der Waals surface area contributed by atoms with Gasteiger partial charge in [0.05, 0.1) is 11.5 Å². The van der Waals surface area contributed by atoms with Crippen LogP contribution in [0.15, 0.2) is 73.1 Å². The third-order valence-corrected chi connectivity index (χ3v) is 9.97. The molecule has 0 saturated heterocycles. The number of rotatable bonds is 19. The van der Waals surface area contributed by atoms with Gasteiger partial charge < -0.3 is 25.6 Å². The standard InChI is InChI=1S/C40H48N4O7S/c1-5-6-7-8-9-22-51-30-16-14-27(15-17-30)29-24-41-36(42-25-29)28-12-10-26(11-13-28)23-32(37(47)43-31(39(49)50)18-21-35(45)46)44-38(48)33-19-20-34(52-33)40(2,3)4/h10-17,19-20,24-25,31-32H,5-9,18,21-23H2,1-4H3,(H,43,47)(H,44,48)(H,45,46)(H,49,50)/t31?,32-/m0/s1. The normalized spacial score (nSPS) is 12.5. The van der Waals surface area contributed by atoms with E-state index in [0.29, 0.717) is 22.9 Å². The molecule has 0 spiro atoms. The van der Waals surface area contributed by atoms with Crippen molar-refractivity contribution in [3.05, 3.63) is 88.4 Å². The van der Waals surface area contributed by atoms with Crippen molar-refractivity contribution in [2.45, 2.75) is 96.6 Å². The number of carboxylic acids is 2. The SMILES string of the molecule is CCCCCCCOc1ccc(-c2cnc(-c3ccc(C[C@H](NC(=O)c4ccc(C(C)(C)C)s4)C(=O)NC(CCC(=O)O)C(=O)O)cc3)nc2)cc1. The molecule has 12 heteroatoms. The highest BCUT2D eigenvalue weighted by Crippen LogP contribution is 2.29. The van der Waals surface area contributed by atoms with E-state index in [0.717, 1.165) is 33.7 Å². The lowest BCUT2D eigenvalue weighted by Gasteiger charge is -2.21. The number of nitrogens with one attached hydrogen (secondary N) is 2. The molecule has 0 radical (unpaired) electrons. The lowest BCUT2D eigenvalue weighted by atomic mass is 9.95. The number of carbonyl (C=O) groups excluding carboxylic acids is 2. The Morgan fingerprint density at radius 2 is 1.44 bits per heavy atom. The van der Waals surface area contributed by atoms with Crippen molar-refractivity contribution >= 4 is 35.1 Å². The van der Waals surface area contributed by atoms with E-state index in [2.05, 4.69) is 27.5 Å². The summed E-state index contributed by atoms with van der Waals surface area (Å²) in [7, 11) is 0. The Hall–Kier alpha value is -5.10. The molecule has 2 amide bonds. The molecule has 276 valence electrons. The molecule has 4 aromatic rings. The summed E-state index contributed by atoms with van der Waals surface area (Å²) in [6.45, 7) is 9.02. The monoisotopic (exact) mass is 728 g/mol. The van der Waals surface area contributed by atoms with Crippen LogP contribution in [0.2, 0.25) is 0 Å². The number of nitrogens with zero attached hydrogens (tertiary/aromatic N) is 2. The average Bonchev–Trinajstić information content (AvgIpc) is 3.64. The minimum atomic E-state index is -1.43. The van der Waals surface area contributed by atoms with Crippen LogP contribution in [0.5, 0.6) is 5.75 Å². The molecule has 4 rings (SSSR count). The van der Waals surface area contributed by atoms with Crippen LogP contribution in [-0.2, 0) is 26.2 Å². The zero-order chi connectivity index (χ0) is 37.7. The number of benzene rings is 2. The van der Waals surface area contributed by atoms with Crippen LogP contribution < -0.4 is 15.4 Å². The Labute approximate surface area is 308 Å². The second kappa shape index (κ2) is 18.9. The molecule has 1 unspecified atom stereocenters. The van der Waals surface area contributed by atoms with E-state index in [1.165, 1.54) is 37.0 Å². The second-order valence-electron chi connectivity index (χ2n) is 13.8. The molecule has 2 atom stereocenters. The topological polar surface area (TPSA) is 168 Å². The molecule has 52 heavy (non-hydrogen) atoms. The number of aliphatic carboxylic acids is 2. The summed E-state index contributed by atoms with van der Waals surface area (Å²) >= 11 is 1.32. The Morgan fingerprint density at radius 1 is 0.788 bits per heavy atom. The van der Waals surface area contributed by atoms with Crippen LogP contribution >= 0.6 is 11.3 Å². The molecule has 0 saturated carbocycles. The van der Waals surface area contributed by atoms with Crippen molar-refractivity contribution in [2.24, 2.45) is 0 Å². The fourth-order valence-electron chi connectivity index (χ4n) is 5.39. The number of carbonyl (C=O) groups is 4. The van der Waals surface area contributed by atoms with Crippen molar-refractivity contribution < 1.29 is 34.1 Å². The Bertz CT molecular complexity index is 1780. The lowest BCUT2D eigenvalue weighted by Crippen LogP contribution is -2.52. The fourth-order valence-corrected chi connectivity index (χ4v) is 6.36. The van der Waals surface area contributed by atoms with Gasteiger partial charge in [0, 0.05) is 41.2 Å². The van der Waals surface area contributed by atoms with Crippen LogP contribution in [0.1, 0.15) is 92.8 Å². The number of hydrogen-bond donors (Lipinski definition) is 4. The number of amides is 2. The summed E-state index contributed by atoms with van der Waals surface area (Å²) in [6.07, 6.45) is 8.77. The van der Waals surface area contributed by atoms with Gasteiger partial charge in [-0.3, -0.25) is 14.4 Å².